The second-order valence-corrected chi connectivity index (χ2v) is 8.27. The van der Waals surface area contributed by atoms with E-state index in [1.807, 2.05) is 18.2 Å². The number of amides is 1. The molecule has 1 atom stereocenters. The van der Waals surface area contributed by atoms with Crippen LogP contribution < -0.4 is 10.1 Å². The number of benzene rings is 2. The molecule has 0 spiro atoms. The summed E-state index contributed by atoms with van der Waals surface area (Å²) in [6.45, 7) is 4.96. The zero-order chi connectivity index (χ0) is 21.0. The van der Waals surface area contributed by atoms with Crippen molar-refractivity contribution in [2.75, 3.05) is 13.1 Å². The molecule has 2 aromatic carbocycles. The monoisotopic (exact) mass is 408 g/mol. The van der Waals surface area contributed by atoms with E-state index >= 15 is 0 Å². The van der Waals surface area contributed by atoms with Crippen molar-refractivity contribution in [3.63, 3.8) is 0 Å². The molecule has 1 fully saturated rings. The molecule has 1 heterocycles. The average molecular weight is 409 g/mol. The van der Waals surface area contributed by atoms with Gasteiger partial charge in [-0.3, -0.25) is 4.90 Å². The van der Waals surface area contributed by atoms with E-state index in [2.05, 4.69) is 53.5 Å². The quantitative estimate of drug-likeness (QED) is 0.433. The maximum Gasteiger partial charge on any atom is 0.412 e. The molecule has 2 aromatic rings. The molecule has 1 saturated heterocycles. The van der Waals surface area contributed by atoms with E-state index < -0.39 is 0 Å². The second-order valence-electron chi connectivity index (χ2n) is 8.27. The van der Waals surface area contributed by atoms with Crippen LogP contribution in [-0.2, 0) is 6.54 Å². The summed E-state index contributed by atoms with van der Waals surface area (Å²) >= 11 is 0. The standard InChI is InChI=1S/C26H36N2O2/c1-2-3-4-5-6-10-18-27-26(29)30-24-16-11-15-23(20-24)25-17-12-19-28(25)21-22-13-8-7-9-14-22/h7-9,11,13-16,20,25H,2-6,10,12,17-19,21H2,1H3,(H,27,29). The topological polar surface area (TPSA) is 41.6 Å². The number of unbranched alkanes of at least 4 members (excludes halogenated alkanes) is 5. The predicted molar refractivity (Wildman–Crippen MR) is 123 cm³/mol. The highest BCUT2D eigenvalue weighted by Crippen LogP contribution is 2.34. The Morgan fingerprint density at radius 3 is 2.67 bits per heavy atom. The van der Waals surface area contributed by atoms with Crippen LogP contribution in [0.3, 0.4) is 0 Å². The Hall–Kier alpha value is -2.33. The van der Waals surface area contributed by atoms with E-state index in [9.17, 15) is 4.79 Å². The zero-order valence-electron chi connectivity index (χ0n) is 18.3. The molecule has 0 radical (unpaired) electrons. The van der Waals surface area contributed by atoms with Gasteiger partial charge in [-0.2, -0.15) is 0 Å². The first-order valence-corrected chi connectivity index (χ1v) is 11.6. The summed E-state index contributed by atoms with van der Waals surface area (Å²) in [5, 5.41) is 2.88. The highest BCUT2D eigenvalue weighted by Gasteiger charge is 2.26. The van der Waals surface area contributed by atoms with Crippen LogP contribution in [0.4, 0.5) is 4.79 Å². The highest BCUT2D eigenvalue weighted by molar-refractivity contribution is 5.70. The van der Waals surface area contributed by atoms with Crippen molar-refractivity contribution < 1.29 is 9.53 Å². The first-order chi connectivity index (χ1) is 14.8. The maximum atomic E-state index is 12.1. The van der Waals surface area contributed by atoms with Gasteiger partial charge in [0.05, 0.1) is 0 Å². The van der Waals surface area contributed by atoms with E-state index in [0.717, 1.165) is 32.4 Å². The molecule has 0 saturated carbocycles. The summed E-state index contributed by atoms with van der Waals surface area (Å²) in [4.78, 5) is 14.7. The molecule has 0 bridgehead atoms. The normalized spacial score (nSPS) is 16.5. The van der Waals surface area contributed by atoms with Crippen LogP contribution in [0, 0.1) is 0 Å². The Morgan fingerprint density at radius 1 is 1.03 bits per heavy atom. The summed E-state index contributed by atoms with van der Waals surface area (Å²) in [5.41, 5.74) is 2.57. The summed E-state index contributed by atoms with van der Waals surface area (Å²) in [6, 6.07) is 19.0. The lowest BCUT2D eigenvalue weighted by atomic mass is 10.0. The Labute approximate surface area is 181 Å². The minimum absolute atomic E-state index is 0.353. The molecule has 4 heteroatoms. The SMILES string of the molecule is CCCCCCCCNC(=O)Oc1cccc(C2CCCN2Cc2ccccc2)c1. The molecular weight excluding hydrogens is 372 g/mol. The van der Waals surface area contributed by atoms with Gasteiger partial charge < -0.3 is 10.1 Å². The first-order valence-electron chi connectivity index (χ1n) is 11.6. The number of carbonyl (C=O) groups excluding carboxylic acids is 1. The van der Waals surface area contributed by atoms with Gasteiger partial charge in [0.25, 0.3) is 0 Å². The lowest BCUT2D eigenvalue weighted by molar-refractivity contribution is 0.200. The van der Waals surface area contributed by atoms with Gasteiger partial charge in [-0.15, -0.1) is 0 Å². The smallest absolute Gasteiger partial charge is 0.410 e. The maximum absolute atomic E-state index is 12.1. The molecule has 162 valence electrons. The van der Waals surface area contributed by atoms with Crippen LogP contribution in [-0.4, -0.2) is 24.1 Å². The van der Waals surface area contributed by atoms with Crippen LogP contribution >= 0.6 is 0 Å². The van der Waals surface area contributed by atoms with Crippen LogP contribution in [0.5, 0.6) is 5.75 Å². The molecule has 1 aliphatic heterocycles. The molecule has 30 heavy (non-hydrogen) atoms. The minimum Gasteiger partial charge on any atom is -0.410 e. The lowest BCUT2D eigenvalue weighted by Gasteiger charge is -2.25. The number of hydrogen-bond donors (Lipinski definition) is 1. The number of carbonyl (C=O) groups is 1. The van der Waals surface area contributed by atoms with Gasteiger partial charge >= 0.3 is 6.09 Å². The van der Waals surface area contributed by atoms with Crippen molar-refractivity contribution in [2.24, 2.45) is 0 Å². The fraction of sp³-hybridized carbons (Fsp3) is 0.500. The van der Waals surface area contributed by atoms with Crippen molar-refractivity contribution >= 4 is 6.09 Å². The summed E-state index contributed by atoms with van der Waals surface area (Å²) in [7, 11) is 0. The van der Waals surface area contributed by atoms with E-state index in [1.54, 1.807) is 0 Å². The van der Waals surface area contributed by atoms with Crippen molar-refractivity contribution in [3.8, 4) is 5.75 Å². The third kappa shape index (κ3) is 7.17. The fourth-order valence-corrected chi connectivity index (χ4v) is 4.24. The number of hydrogen-bond acceptors (Lipinski definition) is 3. The Kier molecular flexibility index (Phi) is 9.23. The van der Waals surface area contributed by atoms with Gasteiger partial charge in [-0.1, -0.05) is 81.5 Å². The number of rotatable bonds is 11. The number of ether oxygens (including phenoxy) is 1. The Balaban J connectivity index is 1.47. The fourth-order valence-electron chi connectivity index (χ4n) is 4.24. The van der Waals surface area contributed by atoms with E-state index in [1.165, 1.54) is 43.2 Å². The van der Waals surface area contributed by atoms with Crippen molar-refractivity contribution in [2.45, 2.75) is 70.9 Å². The van der Waals surface area contributed by atoms with E-state index in [4.69, 9.17) is 4.74 Å². The van der Waals surface area contributed by atoms with Crippen LogP contribution in [0.15, 0.2) is 54.6 Å². The average Bonchev–Trinajstić information content (AvgIpc) is 3.22. The van der Waals surface area contributed by atoms with Gasteiger partial charge in [0.15, 0.2) is 0 Å². The van der Waals surface area contributed by atoms with Crippen LogP contribution in [0.1, 0.15) is 75.5 Å². The molecule has 1 N–H and O–H groups in total. The van der Waals surface area contributed by atoms with Gasteiger partial charge in [0.2, 0.25) is 0 Å². The number of likely N-dealkylation sites (tertiary alicyclic amines) is 1. The third-order valence-corrected chi connectivity index (χ3v) is 5.85. The van der Waals surface area contributed by atoms with Gasteiger partial charge in [-0.25, -0.2) is 4.79 Å². The summed E-state index contributed by atoms with van der Waals surface area (Å²) in [5.74, 6) is 0.625. The number of nitrogens with zero attached hydrogens (tertiary/aromatic N) is 1. The molecule has 4 nitrogen and oxygen atoms in total. The molecule has 1 aliphatic rings. The van der Waals surface area contributed by atoms with Crippen LogP contribution in [0.2, 0.25) is 0 Å². The van der Waals surface area contributed by atoms with E-state index in [0.29, 0.717) is 18.3 Å². The second kappa shape index (κ2) is 12.4. The molecular formula is C26H36N2O2. The van der Waals surface area contributed by atoms with Gasteiger partial charge in [-0.05, 0) is 49.1 Å². The molecule has 3 rings (SSSR count). The van der Waals surface area contributed by atoms with Crippen molar-refractivity contribution in [1.82, 2.24) is 10.2 Å². The lowest BCUT2D eigenvalue weighted by Crippen LogP contribution is -2.27. The largest absolute Gasteiger partial charge is 0.412 e. The van der Waals surface area contributed by atoms with Crippen LogP contribution in [0.25, 0.3) is 0 Å². The van der Waals surface area contributed by atoms with Gasteiger partial charge in [0.1, 0.15) is 5.75 Å². The van der Waals surface area contributed by atoms with Crippen molar-refractivity contribution in [1.29, 1.82) is 0 Å². The Bertz CT molecular complexity index is 763. The summed E-state index contributed by atoms with van der Waals surface area (Å²) < 4.78 is 5.54. The van der Waals surface area contributed by atoms with Crippen molar-refractivity contribution in [3.05, 3.63) is 65.7 Å². The third-order valence-electron chi connectivity index (χ3n) is 5.85. The molecule has 1 amide bonds. The first kappa shape index (κ1) is 22.4. The van der Waals surface area contributed by atoms with Gasteiger partial charge in [0, 0.05) is 19.1 Å². The van der Waals surface area contributed by atoms with E-state index in [-0.39, 0.29) is 6.09 Å². The molecule has 0 aliphatic carbocycles. The Morgan fingerprint density at radius 2 is 1.83 bits per heavy atom. The molecule has 1 unspecified atom stereocenters. The molecule has 0 aromatic heterocycles. The predicted octanol–water partition coefficient (Wildman–Crippen LogP) is 6.47. The minimum atomic E-state index is -0.353. The number of nitrogens with one attached hydrogen (secondary N) is 1. The zero-order valence-corrected chi connectivity index (χ0v) is 18.3. The summed E-state index contributed by atoms with van der Waals surface area (Å²) in [6.07, 6.45) is 9.24. The highest BCUT2D eigenvalue weighted by atomic mass is 16.6.